The molecule has 0 saturated heterocycles. The van der Waals surface area contributed by atoms with Crippen molar-refractivity contribution in [2.75, 3.05) is 0 Å². The quantitative estimate of drug-likeness (QED) is 0.371. The molecule has 1 heterocycles. The van der Waals surface area contributed by atoms with E-state index in [0.29, 0.717) is 12.0 Å². The molecule has 1 rings (SSSR count). The number of carbonyl (C=O) groups excluding carboxylic acids is 2. The molecule has 0 unspecified atom stereocenters. The first-order valence-corrected chi connectivity index (χ1v) is 4.70. The average molecular weight is 182 g/mol. The van der Waals surface area contributed by atoms with Gasteiger partial charge in [-0.05, 0) is 12.8 Å². The van der Waals surface area contributed by atoms with Gasteiger partial charge in [-0.1, -0.05) is 26.2 Å². The normalized spacial score (nSPS) is 15.9. The zero-order valence-corrected chi connectivity index (χ0v) is 7.84. The molecule has 0 N–H and O–H groups in total. The number of carbonyl (C=O) groups is 2. The standard InChI is InChI=1S/C10H14O3/c1-2-3-4-5-6-8-7-9(11)13-10(8)12/h7H,2-6H2,1H3. The predicted octanol–water partition coefficient (Wildman–Crippen LogP) is 1.97. The Morgan fingerprint density at radius 2 is 2.00 bits per heavy atom. The van der Waals surface area contributed by atoms with Crippen molar-refractivity contribution in [3.05, 3.63) is 11.6 Å². The summed E-state index contributed by atoms with van der Waals surface area (Å²) in [4.78, 5) is 21.6. The molecule has 0 amide bonds. The van der Waals surface area contributed by atoms with Crippen molar-refractivity contribution in [2.45, 2.75) is 39.0 Å². The molecule has 0 aromatic rings. The highest BCUT2D eigenvalue weighted by Gasteiger charge is 2.22. The Bertz CT molecular complexity index is 241. The van der Waals surface area contributed by atoms with Crippen LogP contribution in [0.4, 0.5) is 0 Å². The molecule has 3 nitrogen and oxygen atoms in total. The summed E-state index contributed by atoms with van der Waals surface area (Å²) in [6, 6.07) is 0. The van der Waals surface area contributed by atoms with Crippen molar-refractivity contribution in [2.24, 2.45) is 0 Å². The molecule has 1 aliphatic rings. The van der Waals surface area contributed by atoms with Crippen molar-refractivity contribution in [1.29, 1.82) is 0 Å². The van der Waals surface area contributed by atoms with E-state index in [4.69, 9.17) is 0 Å². The number of hydrogen-bond donors (Lipinski definition) is 0. The minimum atomic E-state index is -0.518. The molecule has 0 aromatic heterocycles. The number of cyclic esters (lactones) is 2. The summed E-state index contributed by atoms with van der Waals surface area (Å²) in [5, 5.41) is 0. The molecule has 13 heavy (non-hydrogen) atoms. The van der Waals surface area contributed by atoms with Gasteiger partial charge >= 0.3 is 11.9 Å². The van der Waals surface area contributed by atoms with Crippen LogP contribution in [0.3, 0.4) is 0 Å². The maximum atomic E-state index is 10.9. The fraction of sp³-hybridized carbons (Fsp3) is 0.600. The Morgan fingerprint density at radius 3 is 2.54 bits per heavy atom. The van der Waals surface area contributed by atoms with Gasteiger partial charge in [0, 0.05) is 11.6 Å². The van der Waals surface area contributed by atoms with Gasteiger partial charge in [-0.2, -0.15) is 0 Å². The topological polar surface area (TPSA) is 43.4 Å². The third kappa shape index (κ3) is 3.01. The minimum Gasteiger partial charge on any atom is -0.386 e. The van der Waals surface area contributed by atoms with Crippen molar-refractivity contribution in [3.63, 3.8) is 0 Å². The Kier molecular flexibility index (Phi) is 3.68. The molecule has 0 bridgehead atoms. The van der Waals surface area contributed by atoms with Crippen LogP contribution in [0.5, 0.6) is 0 Å². The van der Waals surface area contributed by atoms with E-state index in [1.165, 1.54) is 18.9 Å². The molecule has 0 atom stereocenters. The summed E-state index contributed by atoms with van der Waals surface area (Å²) >= 11 is 0. The van der Waals surface area contributed by atoms with Gasteiger partial charge in [-0.3, -0.25) is 0 Å². The van der Waals surface area contributed by atoms with Crippen molar-refractivity contribution < 1.29 is 14.3 Å². The van der Waals surface area contributed by atoms with Gasteiger partial charge in [-0.25, -0.2) is 9.59 Å². The summed E-state index contributed by atoms with van der Waals surface area (Å²) < 4.78 is 4.36. The van der Waals surface area contributed by atoms with Crippen LogP contribution in [0.2, 0.25) is 0 Å². The van der Waals surface area contributed by atoms with Crippen molar-refractivity contribution in [1.82, 2.24) is 0 Å². The van der Waals surface area contributed by atoms with Gasteiger partial charge in [-0.15, -0.1) is 0 Å². The predicted molar refractivity (Wildman–Crippen MR) is 47.9 cm³/mol. The van der Waals surface area contributed by atoms with E-state index in [1.54, 1.807) is 0 Å². The smallest absolute Gasteiger partial charge is 0.342 e. The molecule has 0 radical (unpaired) electrons. The summed E-state index contributed by atoms with van der Waals surface area (Å²) in [6.07, 6.45) is 6.38. The third-order valence-electron chi connectivity index (χ3n) is 2.05. The third-order valence-corrected chi connectivity index (χ3v) is 2.05. The van der Waals surface area contributed by atoms with E-state index >= 15 is 0 Å². The van der Waals surface area contributed by atoms with Gasteiger partial charge in [0.05, 0.1) is 0 Å². The molecular weight excluding hydrogens is 168 g/mol. The highest BCUT2D eigenvalue weighted by molar-refractivity contribution is 6.08. The van der Waals surface area contributed by atoms with Gasteiger partial charge < -0.3 is 4.74 Å². The van der Waals surface area contributed by atoms with Crippen LogP contribution in [0.25, 0.3) is 0 Å². The van der Waals surface area contributed by atoms with Crippen LogP contribution in [0.15, 0.2) is 11.6 Å². The van der Waals surface area contributed by atoms with Crippen LogP contribution in [-0.2, 0) is 14.3 Å². The maximum Gasteiger partial charge on any atom is 0.342 e. The zero-order valence-electron chi connectivity index (χ0n) is 7.84. The SMILES string of the molecule is CCCCCCC1=CC(=O)OC1=O. The second-order valence-corrected chi connectivity index (χ2v) is 3.19. The van der Waals surface area contributed by atoms with Gasteiger partial charge in [0.15, 0.2) is 0 Å². The molecule has 0 saturated carbocycles. The maximum absolute atomic E-state index is 10.9. The number of rotatable bonds is 5. The fourth-order valence-corrected chi connectivity index (χ4v) is 1.30. The van der Waals surface area contributed by atoms with Crippen LogP contribution in [0.1, 0.15) is 39.0 Å². The highest BCUT2D eigenvalue weighted by Crippen LogP contribution is 2.16. The van der Waals surface area contributed by atoms with E-state index in [1.807, 2.05) is 0 Å². The molecule has 72 valence electrons. The monoisotopic (exact) mass is 182 g/mol. The minimum absolute atomic E-state index is 0.457. The summed E-state index contributed by atoms with van der Waals surface area (Å²) in [5.74, 6) is -0.975. The largest absolute Gasteiger partial charge is 0.386 e. The van der Waals surface area contributed by atoms with Crippen molar-refractivity contribution >= 4 is 11.9 Å². The molecular formula is C10H14O3. The Hall–Kier alpha value is -1.12. The second-order valence-electron chi connectivity index (χ2n) is 3.19. The van der Waals surface area contributed by atoms with Gasteiger partial charge in [0.1, 0.15) is 0 Å². The molecule has 0 spiro atoms. The lowest BCUT2D eigenvalue weighted by atomic mass is 10.1. The van der Waals surface area contributed by atoms with E-state index in [9.17, 15) is 9.59 Å². The summed E-state index contributed by atoms with van der Waals surface area (Å²) in [5.41, 5.74) is 0.529. The van der Waals surface area contributed by atoms with E-state index in [0.717, 1.165) is 12.8 Å². The molecule has 1 aliphatic heterocycles. The molecule has 3 heteroatoms. The van der Waals surface area contributed by atoms with E-state index in [2.05, 4.69) is 11.7 Å². The molecule has 0 aromatic carbocycles. The highest BCUT2D eigenvalue weighted by atomic mass is 16.6. The van der Waals surface area contributed by atoms with Gasteiger partial charge in [0.25, 0.3) is 0 Å². The second kappa shape index (κ2) is 4.80. The lowest BCUT2D eigenvalue weighted by Crippen LogP contribution is -2.01. The molecule has 0 fully saturated rings. The first kappa shape index (κ1) is 9.96. The first-order chi connectivity index (χ1) is 6.24. The summed E-state index contributed by atoms with van der Waals surface area (Å²) in [6.45, 7) is 2.13. The van der Waals surface area contributed by atoms with E-state index in [-0.39, 0.29) is 0 Å². The Balaban J connectivity index is 2.25. The van der Waals surface area contributed by atoms with Crippen LogP contribution in [-0.4, -0.2) is 11.9 Å². The van der Waals surface area contributed by atoms with Crippen LogP contribution >= 0.6 is 0 Å². The van der Waals surface area contributed by atoms with E-state index < -0.39 is 11.9 Å². The fourth-order valence-electron chi connectivity index (χ4n) is 1.30. The van der Waals surface area contributed by atoms with Crippen LogP contribution < -0.4 is 0 Å². The lowest BCUT2D eigenvalue weighted by Gasteiger charge is -1.97. The number of esters is 2. The van der Waals surface area contributed by atoms with Gasteiger partial charge in [0.2, 0.25) is 0 Å². The van der Waals surface area contributed by atoms with Crippen molar-refractivity contribution in [3.8, 4) is 0 Å². The Labute approximate surface area is 77.8 Å². The number of ether oxygens (including phenoxy) is 1. The average Bonchev–Trinajstić information content (AvgIpc) is 2.39. The lowest BCUT2D eigenvalue weighted by molar-refractivity contribution is -0.150. The number of unbranched alkanes of at least 4 members (excludes halogenated alkanes) is 3. The molecule has 0 aliphatic carbocycles. The zero-order chi connectivity index (χ0) is 9.68. The van der Waals surface area contributed by atoms with Crippen LogP contribution in [0, 0.1) is 0 Å². The number of hydrogen-bond acceptors (Lipinski definition) is 3. The first-order valence-electron chi connectivity index (χ1n) is 4.70. The summed E-state index contributed by atoms with van der Waals surface area (Å²) in [7, 11) is 0. The Morgan fingerprint density at radius 1 is 1.23 bits per heavy atom.